The topological polar surface area (TPSA) is 34.9 Å². The Bertz CT molecular complexity index is 355. The number of aromatic nitrogens is 2. The maximum atomic E-state index is 12.0. The van der Waals surface area contributed by atoms with Crippen molar-refractivity contribution in [1.29, 1.82) is 0 Å². The first-order chi connectivity index (χ1) is 6.74. The fourth-order valence-corrected chi connectivity index (χ4v) is 2.20. The number of ketones is 1. The molecule has 76 valence electrons. The molecule has 1 heterocycles. The molecule has 14 heavy (non-hydrogen) atoms. The number of Topliss-reactive ketones (excluding diaryl/α,β-unsaturated/α-hetero) is 1. The maximum Gasteiger partial charge on any atom is 0.185 e. The lowest BCUT2D eigenvalue weighted by atomic mass is 9.81. The summed E-state index contributed by atoms with van der Waals surface area (Å²) in [5.74, 6) is 0.496. The second-order valence-corrected chi connectivity index (χ2v) is 4.50. The Morgan fingerprint density at radius 3 is 2.93 bits per heavy atom. The highest BCUT2D eigenvalue weighted by molar-refractivity contribution is 9.10. The Hall–Kier alpha value is -0.640. The Labute approximate surface area is 91.6 Å². The molecule has 4 heteroatoms. The number of carbonyl (C=O) groups excluding carboxylic acids is 1. The SMILES string of the molecule is CCn1ncc(Br)c1C(=O)C1CCC1. The molecule has 0 radical (unpaired) electrons. The normalized spacial score (nSPS) is 16.7. The minimum atomic E-state index is 0.244. The van der Waals surface area contributed by atoms with Crippen molar-refractivity contribution in [3.8, 4) is 0 Å². The zero-order chi connectivity index (χ0) is 10.1. The van der Waals surface area contributed by atoms with Crippen LogP contribution in [0, 0.1) is 5.92 Å². The molecule has 0 amide bonds. The highest BCUT2D eigenvalue weighted by atomic mass is 79.9. The van der Waals surface area contributed by atoms with Gasteiger partial charge in [0, 0.05) is 12.5 Å². The number of rotatable bonds is 3. The summed E-state index contributed by atoms with van der Waals surface area (Å²) in [6, 6.07) is 0. The van der Waals surface area contributed by atoms with Crippen molar-refractivity contribution in [3.63, 3.8) is 0 Å². The first-order valence-corrected chi connectivity index (χ1v) is 5.79. The molecule has 1 fully saturated rings. The van der Waals surface area contributed by atoms with E-state index >= 15 is 0 Å². The average Bonchev–Trinajstić information content (AvgIpc) is 2.43. The van der Waals surface area contributed by atoms with Crippen LogP contribution >= 0.6 is 15.9 Å². The Morgan fingerprint density at radius 2 is 2.43 bits per heavy atom. The number of nitrogens with zero attached hydrogens (tertiary/aromatic N) is 2. The average molecular weight is 257 g/mol. The van der Waals surface area contributed by atoms with E-state index in [2.05, 4.69) is 21.0 Å². The van der Waals surface area contributed by atoms with Crippen molar-refractivity contribution in [1.82, 2.24) is 9.78 Å². The van der Waals surface area contributed by atoms with Crippen molar-refractivity contribution >= 4 is 21.7 Å². The van der Waals surface area contributed by atoms with Gasteiger partial charge in [-0.05, 0) is 35.7 Å². The smallest absolute Gasteiger partial charge is 0.185 e. The molecule has 0 aliphatic heterocycles. The van der Waals surface area contributed by atoms with Gasteiger partial charge in [-0.15, -0.1) is 0 Å². The molecule has 3 nitrogen and oxygen atoms in total. The molecule has 0 spiro atoms. The predicted molar refractivity (Wildman–Crippen MR) is 57.3 cm³/mol. The zero-order valence-corrected chi connectivity index (χ0v) is 9.75. The summed E-state index contributed by atoms with van der Waals surface area (Å²) in [5.41, 5.74) is 0.747. The fourth-order valence-electron chi connectivity index (χ4n) is 1.71. The van der Waals surface area contributed by atoms with Crippen LogP contribution in [0.25, 0.3) is 0 Å². The first-order valence-electron chi connectivity index (χ1n) is 4.99. The van der Waals surface area contributed by atoms with Crippen LogP contribution in [0.1, 0.15) is 36.7 Å². The third kappa shape index (κ3) is 1.52. The Morgan fingerprint density at radius 1 is 1.71 bits per heavy atom. The van der Waals surface area contributed by atoms with Gasteiger partial charge in [0.05, 0.1) is 10.7 Å². The number of hydrogen-bond donors (Lipinski definition) is 0. The van der Waals surface area contributed by atoms with Crippen LogP contribution in [0.4, 0.5) is 0 Å². The second-order valence-electron chi connectivity index (χ2n) is 3.65. The summed E-state index contributed by atoms with van der Waals surface area (Å²) >= 11 is 3.38. The molecule has 0 N–H and O–H groups in total. The molecule has 0 bridgehead atoms. The summed E-state index contributed by atoms with van der Waals surface area (Å²) in [4.78, 5) is 12.0. The van der Waals surface area contributed by atoms with Crippen LogP contribution in [0.15, 0.2) is 10.7 Å². The molecule has 0 unspecified atom stereocenters. The summed E-state index contributed by atoms with van der Waals surface area (Å²) in [6.45, 7) is 2.75. The highest BCUT2D eigenvalue weighted by Crippen LogP contribution is 2.31. The standard InChI is InChI=1S/C10H13BrN2O/c1-2-13-9(8(11)6-12-13)10(14)7-4-3-5-7/h6-7H,2-5H2,1H3. The number of hydrogen-bond acceptors (Lipinski definition) is 2. The zero-order valence-electron chi connectivity index (χ0n) is 8.16. The second kappa shape index (κ2) is 3.85. The Balaban J connectivity index is 2.28. The lowest BCUT2D eigenvalue weighted by molar-refractivity contribution is 0.0843. The van der Waals surface area contributed by atoms with Gasteiger partial charge < -0.3 is 0 Å². The molecule has 1 aromatic rings. The Kier molecular flexibility index (Phi) is 2.72. The van der Waals surface area contributed by atoms with E-state index in [0.29, 0.717) is 0 Å². The van der Waals surface area contributed by atoms with Gasteiger partial charge >= 0.3 is 0 Å². The van der Waals surface area contributed by atoms with Gasteiger partial charge in [0.25, 0.3) is 0 Å². The molecular formula is C10H13BrN2O. The molecule has 1 saturated carbocycles. The van der Waals surface area contributed by atoms with E-state index in [4.69, 9.17) is 0 Å². The minimum absolute atomic E-state index is 0.244. The van der Waals surface area contributed by atoms with Gasteiger partial charge in [0.1, 0.15) is 5.69 Å². The summed E-state index contributed by atoms with van der Waals surface area (Å²) in [7, 11) is 0. The number of aryl methyl sites for hydroxylation is 1. The molecule has 2 rings (SSSR count). The van der Waals surface area contributed by atoms with Gasteiger partial charge in [0.2, 0.25) is 0 Å². The molecule has 0 saturated heterocycles. The van der Waals surface area contributed by atoms with E-state index < -0.39 is 0 Å². The maximum absolute atomic E-state index is 12.0. The van der Waals surface area contributed by atoms with Gasteiger partial charge in [0.15, 0.2) is 5.78 Å². The number of halogens is 1. The minimum Gasteiger partial charge on any atom is -0.292 e. The van der Waals surface area contributed by atoms with Crippen LogP contribution in [-0.4, -0.2) is 15.6 Å². The molecular weight excluding hydrogens is 244 g/mol. The fraction of sp³-hybridized carbons (Fsp3) is 0.600. The summed E-state index contributed by atoms with van der Waals surface area (Å²) in [5, 5.41) is 4.15. The molecule has 0 aromatic carbocycles. The molecule has 1 aliphatic rings. The lowest BCUT2D eigenvalue weighted by Crippen LogP contribution is -2.24. The van der Waals surface area contributed by atoms with Crippen molar-refractivity contribution in [2.75, 3.05) is 0 Å². The van der Waals surface area contributed by atoms with Crippen molar-refractivity contribution < 1.29 is 4.79 Å². The van der Waals surface area contributed by atoms with Gasteiger partial charge in [-0.1, -0.05) is 6.42 Å². The van der Waals surface area contributed by atoms with E-state index in [0.717, 1.165) is 29.6 Å². The monoisotopic (exact) mass is 256 g/mol. The largest absolute Gasteiger partial charge is 0.292 e. The van der Waals surface area contributed by atoms with Crippen LogP contribution in [-0.2, 0) is 6.54 Å². The predicted octanol–water partition coefficient (Wildman–Crippen LogP) is 2.65. The van der Waals surface area contributed by atoms with E-state index in [1.807, 2.05) is 6.92 Å². The van der Waals surface area contributed by atoms with Crippen LogP contribution in [0.2, 0.25) is 0 Å². The van der Waals surface area contributed by atoms with E-state index in [1.165, 1.54) is 6.42 Å². The van der Waals surface area contributed by atoms with Gasteiger partial charge in [-0.25, -0.2) is 0 Å². The van der Waals surface area contributed by atoms with Crippen molar-refractivity contribution in [2.24, 2.45) is 5.92 Å². The first kappa shape index (κ1) is 9.90. The third-order valence-electron chi connectivity index (χ3n) is 2.80. The van der Waals surface area contributed by atoms with E-state index in [1.54, 1.807) is 10.9 Å². The summed E-state index contributed by atoms with van der Waals surface area (Å²) in [6.07, 6.45) is 4.98. The molecule has 1 aromatic heterocycles. The summed E-state index contributed by atoms with van der Waals surface area (Å²) < 4.78 is 2.60. The number of carbonyl (C=O) groups is 1. The van der Waals surface area contributed by atoms with Crippen molar-refractivity contribution in [3.05, 3.63) is 16.4 Å². The molecule has 1 aliphatic carbocycles. The van der Waals surface area contributed by atoms with Gasteiger partial charge in [-0.3, -0.25) is 9.48 Å². The van der Waals surface area contributed by atoms with Crippen LogP contribution in [0.3, 0.4) is 0 Å². The van der Waals surface area contributed by atoms with E-state index in [-0.39, 0.29) is 11.7 Å². The lowest BCUT2D eigenvalue weighted by Gasteiger charge is -2.24. The van der Waals surface area contributed by atoms with Crippen LogP contribution in [0.5, 0.6) is 0 Å². The van der Waals surface area contributed by atoms with Crippen molar-refractivity contribution in [2.45, 2.75) is 32.7 Å². The highest BCUT2D eigenvalue weighted by Gasteiger charge is 2.29. The third-order valence-corrected chi connectivity index (χ3v) is 3.38. The quantitative estimate of drug-likeness (QED) is 0.780. The molecule has 0 atom stereocenters. The van der Waals surface area contributed by atoms with Crippen LogP contribution < -0.4 is 0 Å². The van der Waals surface area contributed by atoms with Gasteiger partial charge in [-0.2, -0.15) is 5.10 Å². The van der Waals surface area contributed by atoms with E-state index in [9.17, 15) is 4.79 Å².